The van der Waals surface area contributed by atoms with Crippen LogP contribution in [0, 0.1) is 4.77 Å². The molecule has 2 aromatic heterocycles. The van der Waals surface area contributed by atoms with E-state index in [0.717, 1.165) is 31.4 Å². The fourth-order valence-corrected chi connectivity index (χ4v) is 4.08. The Morgan fingerprint density at radius 1 is 1.30 bits per heavy atom. The van der Waals surface area contributed by atoms with E-state index in [4.69, 9.17) is 23.8 Å². The molecule has 0 saturated carbocycles. The number of halogens is 1. The molecule has 1 aromatic carbocycles. The van der Waals surface area contributed by atoms with E-state index in [1.807, 2.05) is 23.3 Å². The lowest BCUT2D eigenvalue weighted by atomic mass is 9.98. The van der Waals surface area contributed by atoms with Gasteiger partial charge in [0, 0.05) is 24.0 Å². The summed E-state index contributed by atoms with van der Waals surface area (Å²) < 4.78 is 1.43. The van der Waals surface area contributed by atoms with Crippen LogP contribution in [-0.2, 0) is 0 Å². The van der Waals surface area contributed by atoms with E-state index in [1.165, 1.54) is 10.8 Å². The second-order valence-electron chi connectivity index (χ2n) is 7.02. The highest BCUT2D eigenvalue weighted by molar-refractivity contribution is 7.71. The van der Waals surface area contributed by atoms with Crippen LogP contribution in [0.1, 0.15) is 36.4 Å². The lowest BCUT2D eigenvalue weighted by Crippen LogP contribution is -2.29. The van der Waals surface area contributed by atoms with E-state index < -0.39 is 5.56 Å². The molecule has 1 fully saturated rings. The van der Waals surface area contributed by atoms with Crippen LogP contribution in [0.25, 0.3) is 5.69 Å². The number of aromatic nitrogens is 3. The van der Waals surface area contributed by atoms with Gasteiger partial charge < -0.3 is 5.11 Å². The van der Waals surface area contributed by atoms with Crippen molar-refractivity contribution in [3.05, 3.63) is 80.1 Å². The van der Waals surface area contributed by atoms with Crippen LogP contribution < -0.4 is 5.56 Å². The van der Waals surface area contributed by atoms with E-state index in [2.05, 4.69) is 15.1 Å². The van der Waals surface area contributed by atoms with Crippen molar-refractivity contribution in [2.24, 2.45) is 5.10 Å². The minimum atomic E-state index is -0.505. The van der Waals surface area contributed by atoms with Crippen molar-refractivity contribution < 1.29 is 5.11 Å². The van der Waals surface area contributed by atoms with Crippen LogP contribution in [-0.4, -0.2) is 37.4 Å². The number of hydrazone groups is 1. The number of rotatable bonds is 4. The highest BCUT2D eigenvalue weighted by Gasteiger charge is 2.23. The van der Waals surface area contributed by atoms with E-state index >= 15 is 0 Å². The van der Waals surface area contributed by atoms with Crippen molar-refractivity contribution in [1.82, 2.24) is 19.5 Å². The van der Waals surface area contributed by atoms with E-state index in [1.54, 1.807) is 30.5 Å². The third-order valence-electron chi connectivity index (χ3n) is 5.07. The maximum absolute atomic E-state index is 12.5. The number of H-pyrrole nitrogens is 1. The molecule has 1 aliphatic rings. The number of pyridine rings is 1. The minimum absolute atomic E-state index is 0.0269. The highest BCUT2D eigenvalue weighted by atomic mass is 35.5. The number of nitrogens with zero attached hydrogens (tertiary/aromatic N) is 4. The van der Waals surface area contributed by atoms with Crippen molar-refractivity contribution >= 4 is 30.0 Å². The summed E-state index contributed by atoms with van der Waals surface area (Å²) in [6.45, 7) is 0.752. The van der Waals surface area contributed by atoms with Gasteiger partial charge in [0.25, 0.3) is 5.56 Å². The number of piperidine rings is 1. The van der Waals surface area contributed by atoms with Crippen molar-refractivity contribution in [2.45, 2.75) is 25.3 Å². The summed E-state index contributed by atoms with van der Waals surface area (Å²) in [6.07, 6.45) is 8.00. The van der Waals surface area contributed by atoms with Crippen molar-refractivity contribution in [1.29, 1.82) is 0 Å². The van der Waals surface area contributed by atoms with E-state index in [-0.39, 0.29) is 22.3 Å². The first-order valence-corrected chi connectivity index (χ1v) is 10.4. The molecular formula is C21H20ClN5O2S. The number of aromatic amines is 1. The Balaban J connectivity index is 1.72. The first kappa shape index (κ1) is 20.3. The average molecular weight is 442 g/mol. The van der Waals surface area contributed by atoms with Crippen LogP contribution in [0.4, 0.5) is 0 Å². The van der Waals surface area contributed by atoms with Crippen LogP contribution >= 0.6 is 23.8 Å². The fourth-order valence-electron chi connectivity index (χ4n) is 3.61. The van der Waals surface area contributed by atoms with Gasteiger partial charge in [-0.2, -0.15) is 5.10 Å². The van der Waals surface area contributed by atoms with Gasteiger partial charge in [-0.1, -0.05) is 23.7 Å². The molecular weight excluding hydrogens is 422 g/mol. The van der Waals surface area contributed by atoms with Gasteiger partial charge in [-0.05, 0) is 61.3 Å². The molecule has 9 heteroatoms. The number of aromatic hydroxyl groups is 1. The smallest absolute Gasteiger partial charge is 0.264 e. The van der Waals surface area contributed by atoms with Gasteiger partial charge in [0.05, 0.1) is 17.9 Å². The quantitative estimate of drug-likeness (QED) is 0.468. The van der Waals surface area contributed by atoms with Crippen LogP contribution in [0.5, 0.6) is 5.88 Å². The zero-order valence-corrected chi connectivity index (χ0v) is 17.6. The van der Waals surface area contributed by atoms with Crippen molar-refractivity contribution in [3.8, 4) is 11.6 Å². The Labute approximate surface area is 183 Å². The second-order valence-corrected chi connectivity index (χ2v) is 7.84. The summed E-state index contributed by atoms with van der Waals surface area (Å²) in [5.74, 6) is -0.287. The molecule has 1 aliphatic heterocycles. The van der Waals surface area contributed by atoms with Gasteiger partial charge in [0.2, 0.25) is 5.88 Å². The molecule has 2 N–H and O–H groups in total. The molecule has 0 spiro atoms. The van der Waals surface area contributed by atoms with Gasteiger partial charge in [-0.3, -0.25) is 24.3 Å². The molecule has 0 radical (unpaired) electrons. The number of nitrogens with one attached hydrogen (secondary N) is 1. The van der Waals surface area contributed by atoms with Crippen LogP contribution in [0.3, 0.4) is 0 Å². The summed E-state index contributed by atoms with van der Waals surface area (Å²) in [4.78, 5) is 19.3. The van der Waals surface area contributed by atoms with E-state index in [9.17, 15) is 9.90 Å². The van der Waals surface area contributed by atoms with Gasteiger partial charge in [-0.15, -0.1) is 0 Å². The average Bonchev–Trinajstić information content (AvgIpc) is 2.74. The van der Waals surface area contributed by atoms with Crippen LogP contribution in [0.15, 0.2) is 58.7 Å². The Hall–Kier alpha value is -2.97. The zero-order chi connectivity index (χ0) is 21.1. The summed E-state index contributed by atoms with van der Waals surface area (Å²) >= 11 is 11.3. The lowest BCUT2D eigenvalue weighted by molar-refractivity contribution is 0.156. The third kappa shape index (κ3) is 4.15. The molecule has 7 nitrogen and oxygen atoms in total. The molecule has 3 aromatic rings. The van der Waals surface area contributed by atoms with Crippen molar-refractivity contribution in [3.63, 3.8) is 0 Å². The summed E-state index contributed by atoms with van der Waals surface area (Å²) in [7, 11) is 0. The molecule has 0 bridgehead atoms. The zero-order valence-electron chi connectivity index (χ0n) is 16.0. The SMILES string of the molecule is O=c1[nH]c(=S)n(-c2cccc(Cl)c2)c(O)c1/C=N/N1CCCCC1c1cccnc1. The minimum Gasteiger partial charge on any atom is -0.494 e. The first-order valence-electron chi connectivity index (χ1n) is 9.59. The largest absolute Gasteiger partial charge is 0.494 e. The standard InChI is InChI=1S/C21H20ClN5O2S/c22-15-6-3-7-16(11-15)27-20(29)17(19(28)25-21(27)30)13-24-26-10-2-1-8-18(26)14-5-4-9-23-12-14/h3-7,9,11-13,18,29H,1-2,8,10H2,(H,25,28,30)/b24-13+. The second kappa shape index (κ2) is 8.81. The molecule has 30 heavy (non-hydrogen) atoms. The molecule has 3 heterocycles. The Bertz CT molecular complexity index is 1190. The molecule has 154 valence electrons. The third-order valence-corrected chi connectivity index (χ3v) is 5.59. The Morgan fingerprint density at radius 3 is 2.93 bits per heavy atom. The maximum Gasteiger partial charge on any atom is 0.264 e. The van der Waals surface area contributed by atoms with Gasteiger partial charge in [0.15, 0.2) is 4.77 Å². The topological polar surface area (TPSA) is 86.5 Å². The van der Waals surface area contributed by atoms with E-state index in [0.29, 0.717) is 10.7 Å². The number of benzene rings is 1. The summed E-state index contributed by atoms with van der Waals surface area (Å²) in [6, 6.07) is 10.8. The first-order chi connectivity index (χ1) is 14.5. The Kier molecular flexibility index (Phi) is 5.96. The number of hydrogen-bond acceptors (Lipinski definition) is 6. The fraction of sp³-hybridized carbons (Fsp3) is 0.238. The van der Waals surface area contributed by atoms with Gasteiger partial charge in [0.1, 0.15) is 5.56 Å². The monoisotopic (exact) mass is 441 g/mol. The normalized spacial score (nSPS) is 16.8. The van der Waals surface area contributed by atoms with Crippen molar-refractivity contribution in [2.75, 3.05) is 6.54 Å². The molecule has 0 amide bonds. The van der Waals surface area contributed by atoms with Gasteiger partial charge >= 0.3 is 0 Å². The predicted molar refractivity (Wildman–Crippen MR) is 119 cm³/mol. The molecule has 4 rings (SSSR count). The lowest BCUT2D eigenvalue weighted by Gasteiger charge is -2.33. The highest BCUT2D eigenvalue weighted by Crippen LogP contribution is 2.30. The molecule has 1 atom stereocenters. The number of hydrogen-bond donors (Lipinski definition) is 2. The summed E-state index contributed by atoms with van der Waals surface area (Å²) in [5.41, 5.74) is 1.14. The molecule has 1 saturated heterocycles. The Morgan fingerprint density at radius 2 is 2.17 bits per heavy atom. The maximum atomic E-state index is 12.5. The molecule has 0 aliphatic carbocycles. The summed E-state index contributed by atoms with van der Waals surface area (Å²) in [5, 5.41) is 17.8. The van der Waals surface area contributed by atoms with Gasteiger partial charge in [-0.25, -0.2) is 0 Å². The molecule has 1 unspecified atom stereocenters. The van der Waals surface area contributed by atoms with Crippen LogP contribution in [0.2, 0.25) is 5.02 Å². The predicted octanol–water partition coefficient (Wildman–Crippen LogP) is 4.21.